The molecule has 0 aliphatic rings. The van der Waals surface area contributed by atoms with E-state index < -0.39 is 12.2 Å². The van der Waals surface area contributed by atoms with Crippen molar-refractivity contribution in [3.05, 3.63) is 53.6 Å². The van der Waals surface area contributed by atoms with Crippen LogP contribution in [-0.2, 0) is 4.74 Å². The van der Waals surface area contributed by atoms with Gasteiger partial charge in [0.15, 0.2) is 0 Å². The highest BCUT2D eigenvalue weighted by atomic mass is 79.9. The van der Waals surface area contributed by atoms with Gasteiger partial charge in [0.05, 0.1) is 7.11 Å². The molecule has 0 fully saturated rings. The molecule has 0 heterocycles. The zero-order chi connectivity index (χ0) is 18.2. The Kier molecular flexibility index (Phi) is 7.09. The highest BCUT2D eigenvalue weighted by molar-refractivity contribution is 9.09. The normalized spacial score (nSPS) is 10.0. The number of nitrogens with zero attached hydrogens (tertiary/aromatic N) is 1. The Labute approximate surface area is 158 Å². The van der Waals surface area contributed by atoms with Crippen molar-refractivity contribution in [1.29, 1.82) is 0 Å². The number of ether oxygens (including phenoxy) is 2. The van der Waals surface area contributed by atoms with Gasteiger partial charge in [0.2, 0.25) is 0 Å². The molecule has 132 valence electrons. The molecule has 0 bridgehead atoms. The summed E-state index contributed by atoms with van der Waals surface area (Å²) >= 11 is 9.32. The van der Waals surface area contributed by atoms with Crippen LogP contribution in [0.25, 0.3) is 0 Å². The first-order chi connectivity index (χ1) is 12.0. The lowest BCUT2D eigenvalue weighted by Gasteiger charge is -2.21. The molecule has 2 aromatic carbocycles. The molecule has 0 aliphatic carbocycles. The van der Waals surface area contributed by atoms with Gasteiger partial charge in [-0.25, -0.2) is 9.59 Å². The van der Waals surface area contributed by atoms with E-state index in [9.17, 15) is 9.59 Å². The third-order valence-electron chi connectivity index (χ3n) is 3.12. The summed E-state index contributed by atoms with van der Waals surface area (Å²) in [7, 11) is 1.27. The van der Waals surface area contributed by atoms with Crippen LogP contribution in [0.2, 0.25) is 5.02 Å². The van der Waals surface area contributed by atoms with Crippen LogP contribution in [0, 0.1) is 0 Å². The smallest absolute Gasteiger partial charge is 0.419 e. The summed E-state index contributed by atoms with van der Waals surface area (Å²) in [6, 6.07) is 13.4. The molecule has 2 aromatic rings. The highest BCUT2D eigenvalue weighted by Gasteiger charge is 2.18. The van der Waals surface area contributed by atoms with E-state index in [0.29, 0.717) is 34.0 Å². The standard InChI is InChI=1S/C17H16BrClN2O4/c1-24-16(22)20-13-5-3-7-15(11-13)25-17(23)21(9-8-18)14-6-2-4-12(19)10-14/h2-7,10-11H,8-9H2,1H3,(H,20,22). The molecule has 2 rings (SSSR count). The number of methoxy groups -OCH3 is 1. The monoisotopic (exact) mass is 426 g/mol. The number of carbonyl (C=O) groups is 2. The van der Waals surface area contributed by atoms with Crippen molar-refractivity contribution in [2.45, 2.75) is 0 Å². The molecule has 8 heteroatoms. The first-order valence-corrected chi connectivity index (χ1v) is 8.79. The summed E-state index contributed by atoms with van der Waals surface area (Å²) < 4.78 is 9.94. The summed E-state index contributed by atoms with van der Waals surface area (Å²) in [6.07, 6.45) is -1.17. The van der Waals surface area contributed by atoms with E-state index in [1.807, 2.05) is 0 Å². The number of halogens is 2. The van der Waals surface area contributed by atoms with E-state index in [1.54, 1.807) is 42.5 Å². The molecule has 0 saturated heterocycles. The second-order valence-corrected chi connectivity index (χ2v) is 6.06. The number of carbonyl (C=O) groups excluding carboxylic acids is 2. The molecule has 6 nitrogen and oxygen atoms in total. The van der Waals surface area contributed by atoms with Crippen LogP contribution >= 0.6 is 27.5 Å². The maximum absolute atomic E-state index is 12.5. The fourth-order valence-electron chi connectivity index (χ4n) is 2.02. The fourth-order valence-corrected chi connectivity index (χ4v) is 2.56. The summed E-state index contributed by atoms with van der Waals surface area (Å²) in [6.45, 7) is 0.402. The number of anilines is 2. The average Bonchev–Trinajstić information content (AvgIpc) is 2.59. The third kappa shape index (κ3) is 5.65. The third-order valence-corrected chi connectivity index (χ3v) is 3.71. The van der Waals surface area contributed by atoms with Gasteiger partial charge in [-0.1, -0.05) is 39.7 Å². The Morgan fingerprint density at radius 2 is 1.96 bits per heavy atom. The molecule has 0 saturated carbocycles. The lowest BCUT2D eigenvalue weighted by molar-refractivity contribution is 0.187. The van der Waals surface area contributed by atoms with E-state index in [2.05, 4.69) is 26.0 Å². The molecule has 0 unspecified atom stereocenters. The average molecular weight is 428 g/mol. The minimum absolute atomic E-state index is 0.292. The van der Waals surface area contributed by atoms with Crippen molar-refractivity contribution < 1.29 is 19.1 Å². The topological polar surface area (TPSA) is 67.9 Å². The lowest BCUT2D eigenvalue weighted by atomic mass is 10.3. The fraction of sp³-hybridized carbons (Fsp3) is 0.176. The van der Waals surface area contributed by atoms with Crippen LogP contribution in [-0.4, -0.2) is 31.2 Å². The van der Waals surface area contributed by atoms with E-state index in [-0.39, 0.29) is 0 Å². The summed E-state index contributed by atoms with van der Waals surface area (Å²) in [5.74, 6) is 0.292. The van der Waals surface area contributed by atoms with Gasteiger partial charge in [0, 0.05) is 34.3 Å². The van der Waals surface area contributed by atoms with Crippen LogP contribution in [0.15, 0.2) is 48.5 Å². The van der Waals surface area contributed by atoms with Gasteiger partial charge in [-0.05, 0) is 30.3 Å². The predicted molar refractivity (Wildman–Crippen MR) is 101 cm³/mol. The molecule has 2 amide bonds. The Morgan fingerprint density at radius 1 is 1.20 bits per heavy atom. The SMILES string of the molecule is COC(=O)Nc1cccc(OC(=O)N(CCBr)c2cccc(Cl)c2)c1. The number of alkyl halides is 1. The quantitative estimate of drug-likeness (QED) is 0.688. The molecule has 0 radical (unpaired) electrons. The minimum Gasteiger partial charge on any atom is -0.453 e. The van der Waals surface area contributed by atoms with Crippen molar-refractivity contribution in [2.75, 3.05) is 29.2 Å². The van der Waals surface area contributed by atoms with E-state index in [1.165, 1.54) is 18.1 Å². The van der Waals surface area contributed by atoms with E-state index in [4.69, 9.17) is 16.3 Å². The molecule has 1 N–H and O–H groups in total. The molecule has 0 aromatic heterocycles. The van der Waals surface area contributed by atoms with Gasteiger partial charge in [-0.15, -0.1) is 0 Å². The second kappa shape index (κ2) is 9.29. The van der Waals surface area contributed by atoms with Gasteiger partial charge < -0.3 is 9.47 Å². The van der Waals surface area contributed by atoms with Crippen LogP contribution in [0.3, 0.4) is 0 Å². The highest BCUT2D eigenvalue weighted by Crippen LogP contribution is 2.23. The number of amides is 2. The Balaban J connectivity index is 2.15. The van der Waals surface area contributed by atoms with Crippen LogP contribution in [0.1, 0.15) is 0 Å². The number of hydrogen-bond acceptors (Lipinski definition) is 4. The second-order valence-electron chi connectivity index (χ2n) is 4.83. The van der Waals surface area contributed by atoms with Crippen molar-refractivity contribution in [1.82, 2.24) is 0 Å². The van der Waals surface area contributed by atoms with Gasteiger partial charge in [-0.3, -0.25) is 10.2 Å². The predicted octanol–water partition coefficient (Wildman–Crippen LogP) is 4.92. The van der Waals surface area contributed by atoms with E-state index in [0.717, 1.165) is 0 Å². The first kappa shape index (κ1) is 19.1. The molecule has 0 spiro atoms. The number of nitrogens with one attached hydrogen (secondary N) is 1. The van der Waals surface area contributed by atoms with Crippen LogP contribution < -0.4 is 15.0 Å². The minimum atomic E-state index is -0.608. The number of hydrogen-bond donors (Lipinski definition) is 1. The van der Waals surface area contributed by atoms with Gasteiger partial charge >= 0.3 is 12.2 Å². The molecule has 25 heavy (non-hydrogen) atoms. The largest absolute Gasteiger partial charge is 0.453 e. The molecule has 0 atom stereocenters. The summed E-state index contributed by atoms with van der Waals surface area (Å²) in [5, 5.41) is 3.60. The van der Waals surface area contributed by atoms with Crippen molar-refractivity contribution in [3.63, 3.8) is 0 Å². The van der Waals surface area contributed by atoms with Crippen molar-refractivity contribution in [3.8, 4) is 5.75 Å². The summed E-state index contributed by atoms with van der Waals surface area (Å²) in [5.41, 5.74) is 1.08. The van der Waals surface area contributed by atoms with E-state index >= 15 is 0 Å². The number of rotatable bonds is 5. The first-order valence-electron chi connectivity index (χ1n) is 7.29. The lowest BCUT2D eigenvalue weighted by Crippen LogP contribution is -2.35. The number of benzene rings is 2. The Hall–Kier alpha value is -2.25. The van der Waals surface area contributed by atoms with Crippen LogP contribution in [0.4, 0.5) is 21.0 Å². The summed E-state index contributed by atoms with van der Waals surface area (Å²) in [4.78, 5) is 25.2. The molecular weight excluding hydrogens is 412 g/mol. The molecule has 0 aliphatic heterocycles. The van der Waals surface area contributed by atoms with Gasteiger partial charge in [0.1, 0.15) is 5.75 Å². The van der Waals surface area contributed by atoms with Gasteiger partial charge in [0.25, 0.3) is 0 Å². The zero-order valence-corrected chi connectivity index (χ0v) is 15.7. The Morgan fingerprint density at radius 3 is 2.64 bits per heavy atom. The maximum Gasteiger partial charge on any atom is 0.419 e. The zero-order valence-electron chi connectivity index (χ0n) is 13.4. The van der Waals surface area contributed by atoms with Crippen molar-refractivity contribution >= 4 is 51.1 Å². The van der Waals surface area contributed by atoms with Crippen LogP contribution in [0.5, 0.6) is 5.75 Å². The maximum atomic E-state index is 12.5. The van der Waals surface area contributed by atoms with Gasteiger partial charge in [-0.2, -0.15) is 0 Å². The Bertz CT molecular complexity index is 757. The molecular formula is C17H16BrClN2O4. The van der Waals surface area contributed by atoms with Crippen molar-refractivity contribution in [2.24, 2.45) is 0 Å².